The third kappa shape index (κ3) is 3.46. The Morgan fingerprint density at radius 1 is 1.48 bits per heavy atom. The average molecular weight is 307 g/mol. The first kappa shape index (κ1) is 14.6. The summed E-state index contributed by atoms with van der Waals surface area (Å²) in [5.74, 6) is 0.642. The summed E-state index contributed by atoms with van der Waals surface area (Å²) >= 11 is 6.18. The maximum Gasteiger partial charge on any atom is 0.132 e. The molecule has 0 aliphatic carbocycles. The highest BCUT2D eigenvalue weighted by Gasteiger charge is 2.28. The quantitative estimate of drug-likeness (QED) is 0.919. The van der Waals surface area contributed by atoms with E-state index in [9.17, 15) is 5.11 Å². The third-order valence-electron chi connectivity index (χ3n) is 4.10. The van der Waals surface area contributed by atoms with Gasteiger partial charge in [-0.05, 0) is 49.6 Å². The summed E-state index contributed by atoms with van der Waals surface area (Å²) in [4.78, 5) is 6.40. The number of furan rings is 1. The molecular weight excluding hydrogens is 288 g/mol. The van der Waals surface area contributed by atoms with E-state index in [1.165, 1.54) is 0 Å². The van der Waals surface area contributed by atoms with Crippen molar-refractivity contribution in [2.75, 3.05) is 6.54 Å². The van der Waals surface area contributed by atoms with Crippen molar-refractivity contribution in [2.24, 2.45) is 0 Å². The Balaban J connectivity index is 1.64. The molecule has 3 heterocycles. The van der Waals surface area contributed by atoms with Crippen LogP contribution in [0, 0.1) is 0 Å². The summed E-state index contributed by atoms with van der Waals surface area (Å²) in [5.41, 5.74) is 1.09. The van der Waals surface area contributed by atoms with Crippen LogP contribution < -0.4 is 0 Å². The van der Waals surface area contributed by atoms with Gasteiger partial charge in [0.05, 0.1) is 11.3 Å². The highest BCUT2D eigenvalue weighted by atomic mass is 35.5. The number of hydrogen-bond acceptors (Lipinski definition) is 4. The van der Waals surface area contributed by atoms with Crippen molar-refractivity contribution in [1.82, 2.24) is 9.88 Å². The average Bonchev–Trinajstić information content (AvgIpc) is 3.13. The molecular formula is C16H19ClN2O2. The lowest BCUT2D eigenvalue weighted by Crippen LogP contribution is -2.30. The van der Waals surface area contributed by atoms with E-state index < -0.39 is 6.10 Å². The molecule has 1 fully saturated rings. The summed E-state index contributed by atoms with van der Waals surface area (Å²) in [6.07, 6.45) is 7.44. The fourth-order valence-corrected chi connectivity index (χ4v) is 3.16. The van der Waals surface area contributed by atoms with Gasteiger partial charge in [-0.2, -0.15) is 0 Å². The van der Waals surface area contributed by atoms with E-state index in [4.69, 9.17) is 16.0 Å². The van der Waals surface area contributed by atoms with Crippen molar-refractivity contribution >= 4 is 11.6 Å². The van der Waals surface area contributed by atoms with Gasteiger partial charge in [-0.15, -0.1) is 0 Å². The molecule has 4 nitrogen and oxygen atoms in total. The standard InChI is InChI=1S/C16H19ClN2O2/c17-14-10-18-6-5-12(14)11-19-7-1-3-13(19)9-15(20)16-4-2-8-21-16/h2,4-6,8,10,13,15,20H,1,3,7,9,11H2/t13-,15+/m1/s1. The van der Waals surface area contributed by atoms with Gasteiger partial charge in [0.1, 0.15) is 11.9 Å². The van der Waals surface area contributed by atoms with Gasteiger partial charge >= 0.3 is 0 Å². The summed E-state index contributed by atoms with van der Waals surface area (Å²) in [7, 11) is 0. The molecule has 2 aromatic heterocycles. The minimum absolute atomic E-state index is 0.356. The minimum atomic E-state index is -0.543. The lowest BCUT2D eigenvalue weighted by atomic mass is 10.0. The van der Waals surface area contributed by atoms with Gasteiger partial charge in [0.2, 0.25) is 0 Å². The molecule has 0 unspecified atom stereocenters. The van der Waals surface area contributed by atoms with Crippen LogP contribution in [0.3, 0.4) is 0 Å². The zero-order valence-corrected chi connectivity index (χ0v) is 12.5. The summed E-state index contributed by atoms with van der Waals surface area (Å²) in [6.45, 7) is 1.84. The number of hydrogen-bond donors (Lipinski definition) is 1. The van der Waals surface area contributed by atoms with Crippen molar-refractivity contribution in [3.05, 3.63) is 53.2 Å². The van der Waals surface area contributed by atoms with Crippen LogP contribution in [0.5, 0.6) is 0 Å². The van der Waals surface area contributed by atoms with Crippen molar-refractivity contribution in [3.8, 4) is 0 Å². The van der Waals surface area contributed by atoms with Crippen LogP contribution in [0.4, 0.5) is 0 Å². The zero-order chi connectivity index (χ0) is 14.7. The van der Waals surface area contributed by atoms with Gasteiger partial charge in [-0.1, -0.05) is 11.6 Å². The molecule has 0 bridgehead atoms. The predicted octanol–water partition coefficient (Wildman–Crippen LogP) is 3.42. The van der Waals surface area contributed by atoms with Crippen LogP contribution in [-0.2, 0) is 6.54 Å². The molecule has 112 valence electrons. The van der Waals surface area contributed by atoms with Gasteiger partial charge in [-0.3, -0.25) is 9.88 Å². The van der Waals surface area contributed by atoms with Crippen molar-refractivity contribution in [1.29, 1.82) is 0 Å². The van der Waals surface area contributed by atoms with Gasteiger partial charge in [-0.25, -0.2) is 0 Å². The zero-order valence-electron chi connectivity index (χ0n) is 11.8. The lowest BCUT2D eigenvalue weighted by Gasteiger charge is -2.26. The minimum Gasteiger partial charge on any atom is -0.467 e. The topological polar surface area (TPSA) is 49.5 Å². The molecule has 0 radical (unpaired) electrons. The summed E-state index contributed by atoms with van der Waals surface area (Å²) in [5, 5.41) is 11.0. The molecule has 1 aliphatic rings. The Morgan fingerprint density at radius 3 is 3.14 bits per heavy atom. The summed E-state index contributed by atoms with van der Waals surface area (Å²) < 4.78 is 5.28. The smallest absolute Gasteiger partial charge is 0.132 e. The molecule has 0 spiro atoms. The normalized spacial score (nSPS) is 20.8. The second-order valence-corrected chi connectivity index (χ2v) is 5.91. The highest BCUT2D eigenvalue weighted by Crippen LogP contribution is 2.29. The Labute approximate surface area is 129 Å². The first-order valence-corrected chi connectivity index (χ1v) is 7.66. The van der Waals surface area contributed by atoms with E-state index in [1.807, 2.05) is 18.2 Å². The molecule has 1 aliphatic heterocycles. The van der Waals surface area contributed by atoms with Crippen LogP contribution in [-0.4, -0.2) is 27.6 Å². The largest absolute Gasteiger partial charge is 0.467 e. The maximum atomic E-state index is 10.3. The van der Waals surface area contributed by atoms with E-state index in [1.54, 1.807) is 18.7 Å². The lowest BCUT2D eigenvalue weighted by molar-refractivity contribution is 0.0995. The second kappa shape index (κ2) is 6.60. The summed E-state index contributed by atoms with van der Waals surface area (Å²) in [6, 6.07) is 5.95. The number of aromatic nitrogens is 1. The van der Waals surface area contributed by atoms with Crippen LogP contribution >= 0.6 is 11.6 Å². The van der Waals surface area contributed by atoms with Gasteiger partial charge < -0.3 is 9.52 Å². The van der Waals surface area contributed by atoms with Crippen molar-refractivity contribution in [3.63, 3.8) is 0 Å². The van der Waals surface area contributed by atoms with Crippen LogP contribution in [0.25, 0.3) is 0 Å². The molecule has 0 aromatic carbocycles. The van der Waals surface area contributed by atoms with Crippen molar-refractivity contribution in [2.45, 2.75) is 38.0 Å². The number of nitrogens with zero attached hydrogens (tertiary/aromatic N) is 2. The number of aliphatic hydroxyl groups is 1. The Bertz CT molecular complexity index is 573. The maximum absolute atomic E-state index is 10.3. The molecule has 1 N–H and O–H groups in total. The molecule has 3 rings (SSSR count). The Kier molecular flexibility index (Phi) is 4.58. The first-order valence-electron chi connectivity index (χ1n) is 7.28. The number of aliphatic hydroxyl groups excluding tert-OH is 1. The van der Waals surface area contributed by atoms with E-state index in [2.05, 4.69) is 9.88 Å². The molecule has 1 saturated heterocycles. The van der Waals surface area contributed by atoms with Crippen LogP contribution in [0.1, 0.15) is 36.7 Å². The predicted molar refractivity (Wildman–Crippen MR) is 81.0 cm³/mol. The van der Waals surface area contributed by atoms with Gasteiger partial charge in [0.15, 0.2) is 0 Å². The van der Waals surface area contributed by atoms with E-state index in [-0.39, 0.29) is 0 Å². The monoisotopic (exact) mass is 306 g/mol. The number of pyridine rings is 1. The Morgan fingerprint density at radius 2 is 2.38 bits per heavy atom. The highest BCUT2D eigenvalue weighted by molar-refractivity contribution is 6.31. The van der Waals surface area contributed by atoms with Gasteiger partial charge in [0, 0.05) is 25.0 Å². The number of halogens is 1. The first-order chi connectivity index (χ1) is 10.2. The second-order valence-electron chi connectivity index (χ2n) is 5.50. The van der Waals surface area contributed by atoms with E-state index >= 15 is 0 Å². The molecule has 0 amide bonds. The van der Waals surface area contributed by atoms with Crippen LogP contribution in [0.15, 0.2) is 41.3 Å². The molecule has 21 heavy (non-hydrogen) atoms. The Hall–Kier alpha value is -1.36. The fourth-order valence-electron chi connectivity index (χ4n) is 2.98. The molecule has 5 heteroatoms. The molecule has 2 atom stereocenters. The number of likely N-dealkylation sites (tertiary alicyclic amines) is 1. The van der Waals surface area contributed by atoms with Crippen LogP contribution in [0.2, 0.25) is 5.02 Å². The van der Waals surface area contributed by atoms with Gasteiger partial charge in [0.25, 0.3) is 0 Å². The SMILES string of the molecule is O[C@@H](C[C@H]1CCCN1Cc1ccncc1Cl)c1ccco1. The molecule has 0 saturated carbocycles. The third-order valence-corrected chi connectivity index (χ3v) is 4.44. The van der Waals surface area contributed by atoms with Crippen molar-refractivity contribution < 1.29 is 9.52 Å². The van der Waals surface area contributed by atoms with E-state index in [0.717, 1.165) is 31.5 Å². The fraction of sp³-hybridized carbons (Fsp3) is 0.438. The van der Waals surface area contributed by atoms with E-state index in [0.29, 0.717) is 23.2 Å². The number of rotatable bonds is 5. The molecule has 2 aromatic rings.